The largest absolute Gasteiger partial charge is 0.569 e. The number of fused-ring (bicyclic) bond motifs is 12. The summed E-state index contributed by atoms with van der Waals surface area (Å²) in [7, 11) is 0.746. The maximum Gasteiger partial charge on any atom is 0.569 e. The molecule has 14 aromatic carbocycles. The smallest absolute Gasteiger partial charge is 0.537 e. The van der Waals surface area contributed by atoms with Crippen LogP contribution in [0.25, 0.3) is 120 Å². The van der Waals surface area contributed by atoms with Gasteiger partial charge in [0, 0.05) is 26.1 Å². The van der Waals surface area contributed by atoms with E-state index in [9.17, 15) is 5.02 Å². The second-order valence-corrected chi connectivity index (χ2v) is 23.7. The predicted octanol–water partition coefficient (Wildman–Crippen LogP) is 21.3. The van der Waals surface area contributed by atoms with Gasteiger partial charge in [0.2, 0.25) is 0 Å². The summed E-state index contributed by atoms with van der Waals surface area (Å²) in [6.07, 6.45) is 0. The van der Waals surface area contributed by atoms with Crippen molar-refractivity contribution in [1.29, 1.82) is 0 Å². The summed E-state index contributed by atoms with van der Waals surface area (Å²) in [5.74, 6) is 0.679. The molecule has 0 saturated carbocycles. The summed E-state index contributed by atoms with van der Waals surface area (Å²) in [6.45, 7) is 9.37. The Labute approximate surface area is 488 Å². The second kappa shape index (κ2) is 20.5. The Morgan fingerprint density at radius 2 is 0.622 bits per heavy atom. The van der Waals surface area contributed by atoms with E-state index in [0.29, 0.717) is 5.75 Å². The van der Waals surface area contributed by atoms with Gasteiger partial charge in [-0.1, -0.05) is 268 Å². The zero-order valence-corrected chi connectivity index (χ0v) is 47.8. The lowest BCUT2D eigenvalue weighted by atomic mass is 9.81. The Morgan fingerprint density at radius 1 is 0.305 bits per heavy atom. The molecule has 0 fully saturated rings. The van der Waals surface area contributed by atoms with Gasteiger partial charge in [0.05, 0.1) is 0 Å². The van der Waals surface area contributed by atoms with Gasteiger partial charge in [0.25, 0.3) is 0 Å². The van der Waals surface area contributed by atoms with Crippen LogP contribution in [0.2, 0.25) is 0 Å². The van der Waals surface area contributed by atoms with Gasteiger partial charge in [-0.3, -0.25) is 0 Å². The molecular weight excluding hydrogens is 1060 g/mol. The number of benzene rings is 14. The molecule has 0 amide bonds. The lowest BCUT2D eigenvalue weighted by Gasteiger charge is -2.22. The van der Waals surface area contributed by atoms with E-state index in [-0.39, 0.29) is 10.8 Å². The van der Waals surface area contributed by atoms with E-state index in [1.54, 1.807) is 0 Å². The van der Waals surface area contributed by atoms with Crippen LogP contribution in [0.5, 0.6) is 5.75 Å². The van der Waals surface area contributed by atoms with Crippen LogP contribution < -0.4 is 4.65 Å². The van der Waals surface area contributed by atoms with Gasteiger partial charge in [0.1, 0.15) is 5.75 Å². The van der Waals surface area contributed by atoms with Gasteiger partial charge < -0.3 is 9.68 Å². The van der Waals surface area contributed by atoms with Crippen LogP contribution in [-0.2, 0) is 10.8 Å². The van der Waals surface area contributed by atoms with Crippen LogP contribution in [0.1, 0.15) is 49.9 Å². The SMILES string of the molecule is CC1(C)c2ccc(-c3c4ccccc4c(-c4ccccc4)c4ccccc34)cc2-c2cc3ccccc3cc21.CC1(C)c2ccc(Br)cc2-c2cc3ccccc3cc21.O[B]Oc1c2ccccc2c(-c2ccccc2)c2ccccc12. The van der Waals surface area contributed by atoms with Crippen molar-refractivity contribution in [3.8, 4) is 61.4 Å². The summed E-state index contributed by atoms with van der Waals surface area (Å²) in [6, 6.07) is 95.9. The number of halogens is 1. The van der Waals surface area contributed by atoms with E-state index in [2.05, 4.69) is 256 Å². The fourth-order valence-corrected chi connectivity index (χ4v) is 13.9. The molecule has 0 heterocycles. The first-order valence-corrected chi connectivity index (χ1v) is 29.0. The monoisotopic (exact) mass is 1120 g/mol. The van der Waals surface area contributed by atoms with Gasteiger partial charge in [-0.2, -0.15) is 0 Å². The Kier molecular flexibility index (Phi) is 12.8. The molecule has 82 heavy (non-hydrogen) atoms. The molecule has 0 unspecified atom stereocenters. The quantitative estimate of drug-likeness (QED) is 0.137. The fraction of sp³-hybridized carbons (Fsp3) is 0.0769. The zero-order valence-electron chi connectivity index (χ0n) is 46.2. The maximum absolute atomic E-state index is 9.18. The molecule has 14 aromatic rings. The van der Waals surface area contributed by atoms with Crippen LogP contribution >= 0.6 is 15.9 Å². The number of hydrogen-bond acceptors (Lipinski definition) is 2. The first-order valence-electron chi connectivity index (χ1n) is 28.2. The molecule has 0 atom stereocenters. The Hall–Kier alpha value is -9.06. The average Bonchev–Trinajstić information content (AvgIpc) is 3.67. The van der Waals surface area contributed by atoms with E-state index in [1.807, 2.05) is 54.6 Å². The molecule has 391 valence electrons. The summed E-state index contributed by atoms with van der Waals surface area (Å²) < 4.78 is 6.60. The Morgan fingerprint density at radius 3 is 1.04 bits per heavy atom. The standard InChI is InChI=1S/C39H28.C20H14BO2.C19H15Br/c1-39(2)35-21-20-28(23-33(35)34-22-26-14-6-7-15-27(26)24-36(34)39)38-31-18-10-8-16-29(31)37(25-12-4-3-5-13-25)30-17-9-11-19-32(30)38;22-21-23-20-17-12-6-4-10-15(17)19(14-8-2-1-3-9-14)16-11-5-7-13-18(16)20;1-19(2)17-8-7-14(20)11-16(17)15-9-12-5-3-4-6-13(12)10-18(15)19/h3-24H,1-2H3;1-13,22H;3-11H,1-2H3. The number of rotatable bonds is 5. The van der Waals surface area contributed by atoms with Crippen molar-refractivity contribution in [2.24, 2.45) is 0 Å². The average molecular weight is 1120 g/mol. The van der Waals surface area contributed by atoms with E-state index in [0.717, 1.165) is 33.7 Å². The van der Waals surface area contributed by atoms with Crippen LogP contribution in [-0.4, -0.2) is 12.7 Å². The fourth-order valence-electron chi connectivity index (χ4n) is 13.5. The van der Waals surface area contributed by atoms with Gasteiger partial charge in [-0.25, -0.2) is 0 Å². The maximum atomic E-state index is 9.18. The molecule has 0 aliphatic heterocycles. The third kappa shape index (κ3) is 8.51. The molecule has 0 spiro atoms. The van der Waals surface area contributed by atoms with E-state index < -0.39 is 0 Å². The van der Waals surface area contributed by atoms with Crippen LogP contribution in [0.15, 0.2) is 271 Å². The molecular formula is C78H57BBrO2. The van der Waals surface area contributed by atoms with Crippen molar-refractivity contribution in [1.82, 2.24) is 0 Å². The van der Waals surface area contributed by atoms with Gasteiger partial charge in [0.15, 0.2) is 0 Å². The lowest BCUT2D eigenvalue weighted by molar-refractivity contribution is 0.459. The summed E-state index contributed by atoms with van der Waals surface area (Å²) >= 11 is 3.60. The molecule has 2 aliphatic rings. The lowest BCUT2D eigenvalue weighted by Crippen LogP contribution is -2.14. The highest BCUT2D eigenvalue weighted by Crippen LogP contribution is 2.54. The summed E-state index contributed by atoms with van der Waals surface area (Å²) in [5.41, 5.74) is 18.7. The van der Waals surface area contributed by atoms with Gasteiger partial charge in [-0.15, -0.1) is 0 Å². The predicted molar refractivity (Wildman–Crippen MR) is 352 cm³/mol. The van der Waals surface area contributed by atoms with Crippen molar-refractivity contribution in [2.45, 2.75) is 38.5 Å². The molecule has 0 saturated heterocycles. The second-order valence-electron chi connectivity index (χ2n) is 22.8. The minimum Gasteiger partial charge on any atom is -0.537 e. The molecule has 0 bridgehead atoms. The van der Waals surface area contributed by atoms with Gasteiger partial charge in [-0.05, 0) is 174 Å². The van der Waals surface area contributed by atoms with Crippen LogP contribution in [0.4, 0.5) is 0 Å². The molecule has 1 N–H and O–H groups in total. The van der Waals surface area contributed by atoms with E-state index in [4.69, 9.17) is 4.65 Å². The first-order chi connectivity index (χ1) is 40.1. The normalized spacial score (nSPS) is 13.2. The highest BCUT2D eigenvalue weighted by molar-refractivity contribution is 9.10. The molecule has 4 heteroatoms. The van der Waals surface area contributed by atoms with Crippen molar-refractivity contribution < 1.29 is 9.68 Å². The van der Waals surface area contributed by atoms with Crippen molar-refractivity contribution in [3.63, 3.8) is 0 Å². The van der Waals surface area contributed by atoms with Gasteiger partial charge >= 0.3 is 7.69 Å². The molecule has 1 radical (unpaired) electrons. The highest BCUT2D eigenvalue weighted by atomic mass is 79.9. The minimum atomic E-state index is -0.0332. The molecule has 16 rings (SSSR count). The van der Waals surface area contributed by atoms with Crippen LogP contribution in [0, 0.1) is 0 Å². The summed E-state index contributed by atoms with van der Waals surface area (Å²) in [4.78, 5) is 0. The molecule has 2 nitrogen and oxygen atoms in total. The summed E-state index contributed by atoms with van der Waals surface area (Å²) in [5, 5.41) is 23.8. The third-order valence-electron chi connectivity index (χ3n) is 17.4. The molecule has 0 aromatic heterocycles. The van der Waals surface area contributed by atoms with E-state index in [1.165, 1.54) is 121 Å². The third-order valence-corrected chi connectivity index (χ3v) is 17.9. The van der Waals surface area contributed by atoms with Crippen molar-refractivity contribution >= 4 is 88.2 Å². The highest BCUT2D eigenvalue weighted by Gasteiger charge is 2.37. The Balaban J connectivity index is 0.000000119. The van der Waals surface area contributed by atoms with Crippen molar-refractivity contribution in [3.05, 3.63) is 294 Å². The molecule has 2 aliphatic carbocycles. The zero-order chi connectivity index (χ0) is 55.7. The minimum absolute atomic E-state index is 0.0332. The first kappa shape index (κ1) is 51.1. The topological polar surface area (TPSA) is 29.5 Å². The van der Waals surface area contributed by atoms with Crippen molar-refractivity contribution in [2.75, 3.05) is 0 Å². The van der Waals surface area contributed by atoms with E-state index >= 15 is 0 Å². The Bertz CT molecular complexity index is 4720. The number of hydrogen-bond donors (Lipinski definition) is 1. The van der Waals surface area contributed by atoms with Crippen LogP contribution in [0.3, 0.4) is 0 Å².